The molecule has 0 saturated carbocycles. The third-order valence-electron chi connectivity index (χ3n) is 6.06. The SMILES string of the molecule is COc1ccccc1CCC(=O)NC[C@@H](Cc1c[nH]c2ccccc12)NC(=O)COc1ccccc1Cl. The Kier molecular flexibility index (Phi) is 9.05. The number of aromatic nitrogens is 1. The van der Waals surface area contributed by atoms with Crippen LogP contribution in [-0.2, 0) is 22.4 Å². The van der Waals surface area contributed by atoms with Crippen molar-refractivity contribution in [2.45, 2.75) is 25.3 Å². The van der Waals surface area contributed by atoms with Crippen molar-refractivity contribution in [2.24, 2.45) is 0 Å². The highest BCUT2D eigenvalue weighted by Crippen LogP contribution is 2.23. The van der Waals surface area contributed by atoms with Crippen molar-refractivity contribution in [3.8, 4) is 11.5 Å². The molecule has 0 radical (unpaired) electrons. The number of amides is 2. The van der Waals surface area contributed by atoms with E-state index in [2.05, 4.69) is 15.6 Å². The summed E-state index contributed by atoms with van der Waals surface area (Å²) in [6.07, 6.45) is 3.34. The van der Waals surface area contributed by atoms with Crippen LogP contribution in [0.5, 0.6) is 11.5 Å². The molecular weight excluding hydrogens is 490 g/mol. The molecule has 2 amide bonds. The minimum absolute atomic E-state index is 0.101. The Morgan fingerprint density at radius 3 is 2.46 bits per heavy atom. The molecule has 3 aromatic carbocycles. The van der Waals surface area contributed by atoms with Crippen molar-refractivity contribution in [3.05, 3.63) is 95.1 Å². The summed E-state index contributed by atoms with van der Waals surface area (Å²) in [7, 11) is 1.62. The second-order valence-corrected chi connectivity index (χ2v) is 9.07. The number of para-hydroxylation sites is 3. The van der Waals surface area contributed by atoms with Crippen LogP contribution >= 0.6 is 11.6 Å². The maximum atomic E-state index is 12.7. The van der Waals surface area contributed by atoms with Crippen LogP contribution in [0.4, 0.5) is 0 Å². The first kappa shape index (κ1) is 26.1. The van der Waals surface area contributed by atoms with Crippen LogP contribution in [0.25, 0.3) is 10.9 Å². The summed E-state index contributed by atoms with van der Waals surface area (Å²) in [6, 6.07) is 22.3. The standard InChI is InChI=1S/C29H30ClN3O4/c1-36-26-12-6-2-8-20(26)14-15-28(34)32-18-22(16-21-17-31-25-11-5-3-9-23(21)25)33-29(35)19-37-27-13-7-4-10-24(27)30/h2-13,17,22,31H,14-16,18-19H2,1H3,(H,32,34)(H,33,35)/t22-/m1/s1. The average Bonchev–Trinajstić information content (AvgIpc) is 3.33. The molecule has 0 bridgehead atoms. The Hall–Kier alpha value is -3.97. The minimum Gasteiger partial charge on any atom is -0.496 e. The Bertz CT molecular complexity index is 1350. The molecule has 8 heteroatoms. The highest BCUT2D eigenvalue weighted by Gasteiger charge is 2.18. The first-order chi connectivity index (χ1) is 18.0. The Labute approximate surface area is 221 Å². The summed E-state index contributed by atoms with van der Waals surface area (Å²) < 4.78 is 11.0. The van der Waals surface area contributed by atoms with Crippen LogP contribution in [0.3, 0.4) is 0 Å². The molecule has 0 aliphatic carbocycles. The molecule has 0 aliphatic heterocycles. The number of methoxy groups -OCH3 is 1. The van der Waals surface area contributed by atoms with Gasteiger partial charge in [-0.25, -0.2) is 0 Å². The number of fused-ring (bicyclic) bond motifs is 1. The first-order valence-corrected chi connectivity index (χ1v) is 12.5. The molecule has 1 heterocycles. The van der Waals surface area contributed by atoms with E-state index < -0.39 is 0 Å². The molecule has 4 rings (SSSR count). The van der Waals surface area contributed by atoms with Crippen molar-refractivity contribution in [3.63, 3.8) is 0 Å². The number of aromatic amines is 1. The van der Waals surface area contributed by atoms with Gasteiger partial charge in [-0.1, -0.05) is 60.1 Å². The van der Waals surface area contributed by atoms with E-state index in [4.69, 9.17) is 21.1 Å². The van der Waals surface area contributed by atoms with Gasteiger partial charge in [-0.05, 0) is 48.2 Å². The molecule has 1 aromatic heterocycles. The van der Waals surface area contributed by atoms with Gasteiger partial charge in [-0.2, -0.15) is 0 Å². The summed E-state index contributed by atoms with van der Waals surface area (Å²) in [5, 5.41) is 7.49. The van der Waals surface area contributed by atoms with Gasteiger partial charge in [0, 0.05) is 30.1 Å². The van der Waals surface area contributed by atoms with Crippen LogP contribution in [0.1, 0.15) is 17.5 Å². The lowest BCUT2D eigenvalue weighted by Crippen LogP contribution is -2.46. The maximum Gasteiger partial charge on any atom is 0.258 e. The van der Waals surface area contributed by atoms with Crippen LogP contribution in [0.2, 0.25) is 5.02 Å². The van der Waals surface area contributed by atoms with Crippen molar-refractivity contribution in [2.75, 3.05) is 20.3 Å². The average molecular weight is 520 g/mol. The number of halogens is 1. The lowest BCUT2D eigenvalue weighted by Gasteiger charge is -2.20. The maximum absolute atomic E-state index is 12.7. The number of rotatable bonds is 12. The van der Waals surface area contributed by atoms with Crippen LogP contribution in [0, 0.1) is 0 Å². The molecule has 0 spiro atoms. The Balaban J connectivity index is 1.38. The van der Waals surface area contributed by atoms with Gasteiger partial charge in [0.05, 0.1) is 18.2 Å². The van der Waals surface area contributed by atoms with E-state index in [0.717, 1.165) is 27.8 Å². The molecule has 0 fully saturated rings. The zero-order valence-corrected chi connectivity index (χ0v) is 21.4. The zero-order valence-electron chi connectivity index (χ0n) is 20.6. The number of H-pyrrole nitrogens is 1. The summed E-state index contributed by atoms with van der Waals surface area (Å²) in [4.78, 5) is 28.7. The van der Waals surface area contributed by atoms with Gasteiger partial charge in [-0.3, -0.25) is 9.59 Å². The van der Waals surface area contributed by atoms with Gasteiger partial charge in [0.15, 0.2) is 6.61 Å². The molecule has 0 unspecified atom stereocenters. The molecular formula is C29H30ClN3O4. The summed E-state index contributed by atoms with van der Waals surface area (Å²) in [6.45, 7) is 0.0952. The molecule has 3 N–H and O–H groups in total. The van der Waals surface area contributed by atoms with Gasteiger partial charge >= 0.3 is 0 Å². The van der Waals surface area contributed by atoms with E-state index >= 15 is 0 Å². The molecule has 4 aromatic rings. The predicted molar refractivity (Wildman–Crippen MR) is 145 cm³/mol. The normalized spacial score (nSPS) is 11.6. The third-order valence-corrected chi connectivity index (χ3v) is 6.37. The number of aryl methyl sites for hydroxylation is 1. The largest absolute Gasteiger partial charge is 0.496 e. The van der Waals surface area contributed by atoms with E-state index in [1.165, 1.54) is 0 Å². The van der Waals surface area contributed by atoms with Gasteiger partial charge in [-0.15, -0.1) is 0 Å². The number of carbonyl (C=O) groups is 2. The number of carbonyl (C=O) groups excluding carboxylic acids is 2. The molecule has 0 saturated heterocycles. The summed E-state index contributed by atoms with van der Waals surface area (Å²) >= 11 is 6.13. The fourth-order valence-electron chi connectivity index (χ4n) is 4.20. The summed E-state index contributed by atoms with van der Waals surface area (Å²) in [5.74, 6) is 0.805. The number of ether oxygens (including phenoxy) is 2. The summed E-state index contributed by atoms with van der Waals surface area (Å²) in [5.41, 5.74) is 3.04. The van der Waals surface area contributed by atoms with Crippen molar-refractivity contribution < 1.29 is 19.1 Å². The fraction of sp³-hybridized carbons (Fsp3) is 0.241. The second-order valence-electron chi connectivity index (χ2n) is 8.66. The van der Waals surface area contributed by atoms with Crippen LogP contribution < -0.4 is 20.1 Å². The molecule has 0 aliphatic rings. The Morgan fingerprint density at radius 1 is 0.919 bits per heavy atom. The fourth-order valence-corrected chi connectivity index (χ4v) is 4.39. The monoisotopic (exact) mass is 519 g/mol. The van der Waals surface area contributed by atoms with E-state index in [1.54, 1.807) is 31.4 Å². The van der Waals surface area contributed by atoms with Gasteiger partial charge in [0.25, 0.3) is 5.91 Å². The Morgan fingerprint density at radius 2 is 1.65 bits per heavy atom. The lowest BCUT2D eigenvalue weighted by atomic mass is 10.0. The van der Waals surface area contributed by atoms with Crippen molar-refractivity contribution in [1.82, 2.24) is 15.6 Å². The van der Waals surface area contributed by atoms with Crippen molar-refractivity contribution in [1.29, 1.82) is 0 Å². The van der Waals surface area contributed by atoms with Gasteiger partial charge in [0.2, 0.25) is 5.91 Å². The van der Waals surface area contributed by atoms with Crippen molar-refractivity contribution >= 4 is 34.3 Å². The number of benzene rings is 3. The molecule has 192 valence electrons. The predicted octanol–water partition coefficient (Wildman–Crippen LogP) is 4.69. The molecule has 7 nitrogen and oxygen atoms in total. The highest BCUT2D eigenvalue weighted by atomic mass is 35.5. The topological polar surface area (TPSA) is 92.5 Å². The first-order valence-electron chi connectivity index (χ1n) is 12.1. The van der Waals surface area contributed by atoms with E-state index in [0.29, 0.717) is 30.0 Å². The number of hydrogen-bond donors (Lipinski definition) is 3. The molecule has 1 atom stereocenters. The zero-order chi connectivity index (χ0) is 26.0. The molecule has 37 heavy (non-hydrogen) atoms. The lowest BCUT2D eigenvalue weighted by molar-refractivity contribution is -0.125. The smallest absolute Gasteiger partial charge is 0.258 e. The van der Waals surface area contributed by atoms with Gasteiger partial charge in [0.1, 0.15) is 11.5 Å². The van der Waals surface area contributed by atoms with E-state index in [9.17, 15) is 9.59 Å². The van der Waals surface area contributed by atoms with Crippen LogP contribution in [0.15, 0.2) is 79.0 Å². The second kappa shape index (κ2) is 12.8. The number of hydrogen-bond acceptors (Lipinski definition) is 4. The quantitative estimate of drug-likeness (QED) is 0.253. The number of nitrogens with one attached hydrogen (secondary N) is 3. The minimum atomic E-state index is -0.336. The van der Waals surface area contributed by atoms with Gasteiger partial charge < -0.3 is 25.1 Å². The third kappa shape index (κ3) is 7.27. The van der Waals surface area contributed by atoms with Crippen LogP contribution in [-0.4, -0.2) is 43.1 Å². The highest BCUT2D eigenvalue weighted by molar-refractivity contribution is 6.32. The van der Waals surface area contributed by atoms with E-state index in [1.807, 2.05) is 54.7 Å². The van der Waals surface area contributed by atoms with E-state index in [-0.39, 0.29) is 31.0 Å².